The Kier molecular flexibility index (Phi) is 18.1. The number of hydrogen-bond acceptors (Lipinski definition) is 28. The zero-order valence-corrected chi connectivity index (χ0v) is 47.3. The Labute approximate surface area is 500 Å². The highest BCUT2D eigenvalue weighted by atomic mass is 16.4. The van der Waals surface area contributed by atoms with Gasteiger partial charge in [0.1, 0.15) is 118 Å². The van der Waals surface area contributed by atoms with Crippen LogP contribution in [0.5, 0.6) is 0 Å². The molecule has 0 spiro atoms. The molecule has 0 unspecified atom stereocenters. The van der Waals surface area contributed by atoms with Crippen LogP contribution in [0.1, 0.15) is 69.3 Å². The molecule has 15 heterocycles. The first-order valence-corrected chi connectivity index (χ1v) is 26.9. The fourth-order valence-electron chi connectivity index (χ4n) is 8.31. The number of nitrogens with one attached hydrogen (secondary N) is 10. The molecule has 448 valence electrons. The van der Waals surface area contributed by atoms with Gasteiger partial charge in [0.15, 0.2) is 68.9 Å². The number of aliphatic hydroxyl groups is 1. The molecule has 0 aromatic carbocycles. The zero-order chi connectivity index (χ0) is 61.3. The van der Waals surface area contributed by atoms with Gasteiger partial charge in [-0.25, -0.2) is 74.8 Å². The summed E-state index contributed by atoms with van der Waals surface area (Å²) in [5, 5.41) is 33.3. The molecule has 0 saturated heterocycles. The molecule has 15 aromatic heterocycles. The molecule has 0 aliphatic rings. The Hall–Kier alpha value is -12.7. The number of aliphatic hydroxyl groups excluding tert-OH is 1. The summed E-state index contributed by atoms with van der Waals surface area (Å²) in [5.41, 5.74) is 6.95. The van der Waals surface area contributed by atoms with Crippen LogP contribution in [0.25, 0.3) is 55.8 Å². The third-order valence-corrected chi connectivity index (χ3v) is 12.5. The van der Waals surface area contributed by atoms with Crippen LogP contribution in [0.15, 0.2) is 146 Å². The molecular formula is C56H52N26O7. The summed E-state index contributed by atoms with van der Waals surface area (Å²) in [7, 11) is 0. The molecule has 0 amide bonds. The number of nitriles is 1. The van der Waals surface area contributed by atoms with Crippen molar-refractivity contribution in [1.82, 2.24) is 99.7 Å². The van der Waals surface area contributed by atoms with Crippen molar-refractivity contribution in [1.29, 1.82) is 5.26 Å². The van der Waals surface area contributed by atoms with E-state index in [4.69, 9.17) is 32.5 Å². The summed E-state index contributed by atoms with van der Waals surface area (Å²) in [6.45, 7) is 7.71. The molecule has 33 nitrogen and oxygen atoms in total. The van der Waals surface area contributed by atoms with Crippen LogP contribution in [0.2, 0.25) is 0 Å². The smallest absolute Gasteiger partial charge is 0.203 e. The van der Waals surface area contributed by atoms with Gasteiger partial charge >= 0.3 is 0 Å². The Morgan fingerprint density at radius 3 is 1.00 bits per heavy atom. The number of anilines is 5. The Morgan fingerprint density at radius 1 is 0.404 bits per heavy atom. The van der Waals surface area contributed by atoms with E-state index < -0.39 is 0 Å². The van der Waals surface area contributed by atoms with Crippen molar-refractivity contribution in [2.75, 3.05) is 26.6 Å². The summed E-state index contributed by atoms with van der Waals surface area (Å²) in [6, 6.07) is 20.0. The molecule has 15 aromatic rings. The van der Waals surface area contributed by atoms with Crippen LogP contribution in [0.4, 0.5) is 29.1 Å². The molecule has 33 heteroatoms. The highest BCUT2D eigenvalue weighted by Crippen LogP contribution is 2.22. The summed E-state index contributed by atoms with van der Waals surface area (Å²) in [4.78, 5) is 87.2. The standard InChI is InChI=1S/C12H11N5O2.C11H8N6O.C11H11N5O2.2C11H11N5O/c1-7(18)9-3-2-8(19-9)4-13-11-10-12(15-5-14-10)17-6-16-11;12-3-7-1-2-8(18-7)4-13-10-9-11(15-5-14-9)17-6-16-10;17-4-8-2-1-7(18-8)3-12-10-9-11(14-5-13-9)16-6-15-10;2*1-7-2-3-8(17-7)4-12-10-9-11(14-5-13-9)16-6-15-10/h2-3,5-6H,4H2,1H3,(H2,13,14,15,16,17);1-2,5-6H,4H2,(H2,13,14,15,16,17);1-2,5-6,17H,3-4H2,(H2,12,13,14,15,16);2*2-3,5-6H,4H2,1H3,(H2,12,13,14,15,16). The van der Waals surface area contributed by atoms with E-state index in [1.807, 2.05) is 50.2 Å². The summed E-state index contributed by atoms with van der Waals surface area (Å²) < 4.78 is 26.9. The molecule has 0 fully saturated rings. The number of imidazole rings is 5. The number of aromatic nitrogens is 20. The van der Waals surface area contributed by atoms with Crippen molar-refractivity contribution in [2.24, 2.45) is 0 Å². The minimum Gasteiger partial charge on any atom is -0.465 e. The number of H-pyrrole nitrogens is 5. The number of rotatable bonds is 17. The number of aromatic amines is 5. The molecule has 89 heavy (non-hydrogen) atoms. The van der Waals surface area contributed by atoms with Gasteiger partial charge < -0.3 is 78.7 Å². The zero-order valence-electron chi connectivity index (χ0n) is 47.3. The van der Waals surface area contributed by atoms with E-state index in [1.54, 1.807) is 62.0 Å². The lowest BCUT2D eigenvalue weighted by Gasteiger charge is -2.03. The fraction of sp³-hybridized carbons (Fsp3) is 0.161. The van der Waals surface area contributed by atoms with E-state index in [0.717, 1.165) is 68.0 Å². The van der Waals surface area contributed by atoms with Gasteiger partial charge in [0, 0.05) is 6.92 Å². The molecule has 11 N–H and O–H groups in total. The third kappa shape index (κ3) is 14.8. The first-order valence-electron chi connectivity index (χ1n) is 26.9. The predicted octanol–water partition coefficient (Wildman–Crippen LogP) is 7.97. The lowest BCUT2D eigenvalue weighted by molar-refractivity contribution is 0.0985. The van der Waals surface area contributed by atoms with Crippen molar-refractivity contribution in [2.45, 2.75) is 60.1 Å². The lowest BCUT2D eigenvalue weighted by atomic mass is 10.3. The summed E-state index contributed by atoms with van der Waals surface area (Å²) in [5.74, 6) is 10.1. The van der Waals surface area contributed by atoms with Gasteiger partial charge in [-0.1, -0.05) is 0 Å². The minimum absolute atomic E-state index is 0.0933. The quantitative estimate of drug-likeness (QED) is 0.0385. The molecule has 0 radical (unpaired) electrons. The first-order chi connectivity index (χ1) is 43.6. The van der Waals surface area contributed by atoms with Crippen LogP contribution in [0, 0.1) is 25.2 Å². The van der Waals surface area contributed by atoms with Crippen LogP contribution in [0.3, 0.4) is 0 Å². The number of furan rings is 5. The number of aryl methyl sites for hydroxylation is 2. The highest BCUT2D eigenvalue weighted by molar-refractivity contribution is 5.91. The second-order valence-corrected chi connectivity index (χ2v) is 18.6. The average Bonchev–Trinajstić information content (AvgIpc) is 4.07. The summed E-state index contributed by atoms with van der Waals surface area (Å²) in [6.07, 6.45) is 15.2. The number of hydrogen-bond donors (Lipinski definition) is 11. The second-order valence-electron chi connectivity index (χ2n) is 18.6. The SMILES string of the molecule is CC(=O)c1ccc(CNc2ncnc3nc[nH]c23)o1.Cc1ccc(CNc2ncnc3nc[nH]c23)o1.Cc1ccc(CNc2ncnc3nc[nH]c23)o1.N#Cc1ccc(CNc2ncnc3nc[nH]c23)o1.OCc1ccc(CNc2ncnc3nc[nH]c23)o1. The maximum atomic E-state index is 11.1. The maximum absolute atomic E-state index is 11.1. The summed E-state index contributed by atoms with van der Waals surface area (Å²) >= 11 is 0. The number of Topliss-reactive ketones (excluding diaryl/α,β-unsaturated/α-hetero) is 1. The monoisotopic (exact) mass is 1200 g/mol. The second kappa shape index (κ2) is 27.8. The van der Waals surface area contributed by atoms with Gasteiger partial charge in [-0.2, -0.15) is 5.26 Å². The topological polar surface area (TPSA) is 459 Å². The van der Waals surface area contributed by atoms with Crippen molar-refractivity contribution < 1.29 is 32.0 Å². The largest absolute Gasteiger partial charge is 0.465 e. The normalized spacial score (nSPS) is 10.8. The number of ketones is 1. The van der Waals surface area contributed by atoms with E-state index in [1.165, 1.54) is 38.6 Å². The van der Waals surface area contributed by atoms with Crippen LogP contribution in [-0.2, 0) is 39.3 Å². The number of fused-ring (bicyclic) bond motifs is 5. The number of nitrogens with zero attached hydrogens (tertiary/aromatic N) is 16. The third-order valence-electron chi connectivity index (χ3n) is 12.5. The van der Waals surface area contributed by atoms with E-state index in [2.05, 4.69) is 126 Å². The lowest BCUT2D eigenvalue weighted by Crippen LogP contribution is -2.01. The van der Waals surface area contributed by atoms with E-state index in [-0.39, 0.29) is 12.4 Å². The molecule has 0 aliphatic carbocycles. The highest BCUT2D eigenvalue weighted by Gasteiger charge is 2.13. The van der Waals surface area contributed by atoms with Crippen molar-refractivity contribution in [3.63, 3.8) is 0 Å². The van der Waals surface area contributed by atoms with Crippen LogP contribution in [-0.4, -0.2) is 111 Å². The first kappa shape index (κ1) is 58.1. The Bertz CT molecular complexity index is 4670. The predicted molar refractivity (Wildman–Crippen MR) is 319 cm³/mol. The van der Waals surface area contributed by atoms with Crippen molar-refractivity contribution in [3.8, 4) is 6.07 Å². The molecular weight excluding hydrogens is 1150 g/mol. The van der Waals surface area contributed by atoms with Crippen molar-refractivity contribution in [3.05, 3.63) is 182 Å². The molecule has 0 saturated carbocycles. The van der Waals surface area contributed by atoms with Gasteiger partial charge in [0.2, 0.25) is 5.76 Å². The van der Waals surface area contributed by atoms with E-state index in [0.29, 0.717) is 107 Å². The molecule has 15 rings (SSSR count). The maximum Gasteiger partial charge on any atom is 0.203 e. The number of carbonyl (C=O) groups excluding carboxylic acids is 1. The van der Waals surface area contributed by atoms with Gasteiger partial charge in [-0.05, 0) is 74.5 Å². The Balaban J connectivity index is 0.000000115. The van der Waals surface area contributed by atoms with Crippen LogP contribution >= 0.6 is 0 Å². The molecule has 0 bridgehead atoms. The fourth-order valence-corrected chi connectivity index (χ4v) is 8.31. The minimum atomic E-state index is -0.0989. The molecule has 0 aliphatic heterocycles. The number of carbonyl (C=O) groups is 1. The van der Waals surface area contributed by atoms with E-state index in [9.17, 15) is 4.79 Å². The van der Waals surface area contributed by atoms with Gasteiger partial charge in [0.05, 0.1) is 64.4 Å². The molecule has 0 atom stereocenters. The average molecular weight is 1200 g/mol. The van der Waals surface area contributed by atoms with Crippen molar-refractivity contribution >= 4 is 90.7 Å². The van der Waals surface area contributed by atoms with Gasteiger partial charge in [-0.15, -0.1) is 0 Å². The Morgan fingerprint density at radius 2 is 0.708 bits per heavy atom. The van der Waals surface area contributed by atoms with E-state index >= 15 is 0 Å². The van der Waals surface area contributed by atoms with Gasteiger partial charge in [-0.3, -0.25) is 4.79 Å². The van der Waals surface area contributed by atoms with Crippen LogP contribution < -0.4 is 26.6 Å². The van der Waals surface area contributed by atoms with Gasteiger partial charge in [0.25, 0.3) is 0 Å².